The molecule has 2 rings (SSSR count). The molecule has 0 saturated carbocycles. The number of fused-ring (bicyclic) bond motifs is 1. The lowest BCUT2D eigenvalue weighted by Gasteiger charge is -2.20. The van der Waals surface area contributed by atoms with E-state index in [4.69, 9.17) is 10.5 Å². The molecule has 0 saturated heterocycles. The number of hydrogen-bond acceptors (Lipinski definition) is 3. The van der Waals surface area contributed by atoms with Crippen LogP contribution in [0.4, 0.5) is 13.2 Å². The van der Waals surface area contributed by atoms with E-state index >= 15 is 0 Å². The van der Waals surface area contributed by atoms with E-state index in [2.05, 4.69) is 4.98 Å². The Bertz CT molecular complexity index is 584. The fourth-order valence-electron chi connectivity index (χ4n) is 1.96. The van der Waals surface area contributed by atoms with Gasteiger partial charge in [-0.3, -0.25) is 0 Å². The molecular formula is C13H13F3N2O. The van der Waals surface area contributed by atoms with Crippen molar-refractivity contribution in [3.05, 3.63) is 35.9 Å². The largest absolute Gasteiger partial charge is 0.481 e. The van der Waals surface area contributed by atoms with Gasteiger partial charge in [0.05, 0.1) is 18.5 Å². The number of nitrogens with two attached hydrogens (primary N) is 1. The molecule has 2 aromatic rings. The molecule has 1 aromatic heterocycles. The van der Waals surface area contributed by atoms with Crippen LogP contribution in [-0.2, 0) is 0 Å². The van der Waals surface area contributed by atoms with Gasteiger partial charge in [-0.2, -0.15) is 13.2 Å². The molecule has 0 bridgehead atoms. The average Bonchev–Trinajstić information content (AvgIpc) is 2.37. The summed E-state index contributed by atoms with van der Waals surface area (Å²) in [7, 11) is 1.30. The molecule has 0 amide bonds. The van der Waals surface area contributed by atoms with E-state index < -0.39 is 18.6 Å². The Balaban J connectivity index is 2.63. The second-order valence-electron chi connectivity index (χ2n) is 4.11. The van der Waals surface area contributed by atoms with Crippen LogP contribution in [-0.4, -0.2) is 24.8 Å². The fraction of sp³-hybridized carbons (Fsp3) is 0.308. The van der Waals surface area contributed by atoms with Gasteiger partial charge < -0.3 is 10.5 Å². The summed E-state index contributed by atoms with van der Waals surface area (Å²) in [5.74, 6) is -1.81. The van der Waals surface area contributed by atoms with Crippen LogP contribution in [0.1, 0.15) is 11.5 Å². The van der Waals surface area contributed by atoms with Crippen molar-refractivity contribution < 1.29 is 17.9 Å². The Morgan fingerprint density at radius 2 is 2.00 bits per heavy atom. The molecule has 0 aliphatic carbocycles. The highest BCUT2D eigenvalue weighted by Crippen LogP contribution is 2.38. The predicted octanol–water partition coefficient (Wildman–Crippen LogP) is 2.85. The Morgan fingerprint density at radius 3 is 2.58 bits per heavy atom. The number of hydrogen-bond donors (Lipinski definition) is 1. The van der Waals surface area contributed by atoms with E-state index in [1.54, 1.807) is 24.3 Å². The van der Waals surface area contributed by atoms with Crippen LogP contribution < -0.4 is 10.5 Å². The molecule has 0 fully saturated rings. The zero-order valence-corrected chi connectivity index (χ0v) is 10.2. The maximum Gasteiger partial charge on any atom is 0.397 e. The highest BCUT2D eigenvalue weighted by atomic mass is 19.4. The number of rotatable bonds is 3. The highest BCUT2D eigenvalue weighted by molar-refractivity contribution is 5.80. The Labute approximate surface area is 108 Å². The summed E-state index contributed by atoms with van der Waals surface area (Å²) in [5.41, 5.74) is 5.81. The third-order valence-corrected chi connectivity index (χ3v) is 2.92. The van der Waals surface area contributed by atoms with Crippen LogP contribution in [0.2, 0.25) is 0 Å². The Hall–Kier alpha value is -1.82. The van der Waals surface area contributed by atoms with Crippen molar-refractivity contribution in [2.75, 3.05) is 13.7 Å². The number of benzene rings is 1. The molecule has 0 spiro atoms. The summed E-state index contributed by atoms with van der Waals surface area (Å²) in [6.07, 6.45) is -4.42. The minimum atomic E-state index is -4.42. The van der Waals surface area contributed by atoms with Gasteiger partial charge in [0.2, 0.25) is 5.88 Å². The van der Waals surface area contributed by atoms with E-state index in [0.29, 0.717) is 10.9 Å². The highest BCUT2D eigenvalue weighted by Gasteiger charge is 2.41. The van der Waals surface area contributed by atoms with Crippen molar-refractivity contribution >= 4 is 10.9 Å². The summed E-state index contributed by atoms with van der Waals surface area (Å²) in [6.45, 7) is -0.542. The van der Waals surface area contributed by atoms with E-state index in [9.17, 15) is 13.2 Å². The zero-order valence-electron chi connectivity index (χ0n) is 10.2. The number of para-hydroxylation sites is 1. The van der Waals surface area contributed by atoms with Crippen molar-refractivity contribution in [1.29, 1.82) is 0 Å². The Kier molecular flexibility index (Phi) is 3.61. The molecule has 0 radical (unpaired) electrons. The van der Waals surface area contributed by atoms with Crippen LogP contribution in [0, 0.1) is 0 Å². The van der Waals surface area contributed by atoms with Gasteiger partial charge >= 0.3 is 6.18 Å². The summed E-state index contributed by atoms with van der Waals surface area (Å²) < 4.78 is 43.8. The molecule has 0 aliphatic heterocycles. The van der Waals surface area contributed by atoms with Gasteiger partial charge in [0, 0.05) is 17.5 Å². The molecule has 1 unspecified atom stereocenters. The van der Waals surface area contributed by atoms with E-state index in [-0.39, 0.29) is 11.4 Å². The minimum absolute atomic E-state index is 0.0313. The van der Waals surface area contributed by atoms with Crippen molar-refractivity contribution in [2.24, 2.45) is 5.73 Å². The van der Waals surface area contributed by atoms with Gasteiger partial charge in [0.25, 0.3) is 0 Å². The van der Waals surface area contributed by atoms with Crippen molar-refractivity contribution in [3.63, 3.8) is 0 Å². The maximum atomic E-state index is 13.0. The van der Waals surface area contributed by atoms with Crippen molar-refractivity contribution in [3.8, 4) is 5.88 Å². The van der Waals surface area contributed by atoms with Crippen LogP contribution >= 0.6 is 0 Å². The van der Waals surface area contributed by atoms with Crippen LogP contribution in [0.5, 0.6) is 5.88 Å². The third-order valence-electron chi connectivity index (χ3n) is 2.92. The molecule has 3 nitrogen and oxygen atoms in total. The minimum Gasteiger partial charge on any atom is -0.481 e. The number of aromatic nitrogens is 1. The molecule has 19 heavy (non-hydrogen) atoms. The lowest BCUT2D eigenvalue weighted by atomic mass is 9.98. The van der Waals surface area contributed by atoms with Gasteiger partial charge in [0.15, 0.2) is 0 Å². The van der Waals surface area contributed by atoms with Crippen molar-refractivity contribution in [2.45, 2.75) is 12.1 Å². The summed E-state index contributed by atoms with van der Waals surface area (Å²) >= 11 is 0. The van der Waals surface area contributed by atoms with Gasteiger partial charge in [-0.1, -0.05) is 18.2 Å². The molecule has 102 valence electrons. The first kappa shape index (κ1) is 13.6. The lowest BCUT2D eigenvalue weighted by molar-refractivity contribution is -0.148. The number of ether oxygens (including phenoxy) is 1. The molecule has 2 N–H and O–H groups in total. The van der Waals surface area contributed by atoms with Gasteiger partial charge in [-0.15, -0.1) is 0 Å². The Morgan fingerprint density at radius 1 is 1.32 bits per heavy atom. The van der Waals surface area contributed by atoms with E-state index in [1.807, 2.05) is 0 Å². The van der Waals surface area contributed by atoms with E-state index in [0.717, 1.165) is 0 Å². The summed E-state index contributed by atoms with van der Waals surface area (Å²) in [4.78, 5) is 4.10. The van der Waals surface area contributed by atoms with E-state index in [1.165, 1.54) is 13.2 Å². The normalized spacial score (nSPS) is 13.5. The van der Waals surface area contributed by atoms with Gasteiger partial charge in [-0.25, -0.2) is 4.98 Å². The smallest absolute Gasteiger partial charge is 0.397 e. The van der Waals surface area contributed by atoms with Crippen LogP contribution in [0.25, 0.3) is 10.9 Å². The second-order valence-corrected chi connectivity index (χ2v) is 4.11. The zero-order chi connectivity index (χ0) is 14.0. The second kappa shape index (κ2) is 5.05. The SMILES string of the molecule is COc1nc2ccccc2cc1C(CN)C(F)(F)F. The van der Waals surface area contributed by atoms with Gasteiger partial charge in [-0.05, 0) is 12.1 Å². The molecular weight excluding hydrogens is 257 g/mol. The van der Waals surface area contributed by atoms with Crippen LogP contribution in [0.15, 0.2) is 30.3 Å². The number of methoxy groups -OCH3 is 1. The third kappa shape index (κ3) is 2.63. The number of pyridine rings is 1. The summed E-state index contributed by atoms with van der Waals surface area (Å²) in [6, 6.07) is 8.36. The first-order chi connectivity index (χ1) is 8.97. The predicted molar refractivity (Wildman–Crippen MR) is 66.1 cm³/mol. The maximum absolute atomic E-state index is 13.0. The first-order valence-electron chi connectivity index (χ1n) is 5.68. The average molecular weight is 270 g/mol. The van der Waals surface area contributed by atoms with Crippen molar-refractivity contribution in [1.82, 2.24) is 4.98 Å². The topological polar surface area (TPSA) is 48.1 Å². The first-order valence-corrected chi connectivity index (χ1v) is 5.68. The van der Waals surface area contributed by atoms with Crippen LogP contribution in [0.3, 0.4) is 0 Å². The number of halogens is 3. The number of nitrogens with zero attached hydrogens (tertiary/aromatic N) is 1. The molecule has 6 heteroatoms. The monoisotopic (exact) mass is 270 g/mol. The molecule has 1 aromatic carbocycles. The number of alkyl halides is 3. The standard InChI is InChI=1S/C13H13F3N2O/c1-19-12-9(10(7-17)13(14,15)16)6-8-4-2-3-5-11(8)18-12/h2-6,10H,7,17H2,1H3. The quantitative estimate of drug-likeness (QED) is 0.933. The lowest BCUT2D eigenvalue weighted by Crippen LogP contribution is -2.28. The molecule has 1 atom stereocenters. The van der Waals surface area contributed by atoms with Gasteiger partial charge in [0.1, 0.15) is 0 Å². The molecule has 1 heterocycles. The molecule has 0 aliphatic rings. The fourth-order valence-corrected chi connectivity index (χ4v) is 1.96. The summed E-state index contributed by atoms with van der Waals surface area (Å²) in [5, 5.41) is 0.626.